The largest absolute Gasteiger partial charge is 0.385 e. The fourth-order valence-corrected chi connectivity index (χ4v) is 4.13. The molecule has 1 saturated heterocycles. The van der Waals surface area contributed by atoms with Crippen molar-refractivity contribution in [2.24, 2.45) is 5.92 Å². The second-order valence-corrected chi connectivity index (χ2v) is 7.26. The molecular formula is C18H26N2O3S. The number of rotatable bonds is 7. The lowest BCUT2D eigenvalue weighted by Gasteiger charge is -2.30. The van der Waals surface area contributed by atoms with Crippen LogP contribution in [-0.4, -0.2) is 48.8 Å². The van der Waals surface area contributed by atoms with Gasteiger partial charge in [0.05, 0.1) is 0 Å². The van der Waals surface area contributed by atoms with Crippen molar-refractivity contribution in [2.75, 3.05) is 26.0 Å². The third-order valence-corrected chi connectivity index (χ3v) is 5.28. The molecular weight excluding hydrogens is 324 g/mol. The third kappa shape index (κ3) is 4.51. The number of hydrogen-bond acceptors (Lipinski definition) is 4. The Labute approximate surface area is 148 Å². The minimum absolute atomic E-state index is 0.0193. The van der Waals surface area contributed by atoms with Crippen LogP contribution in [0.3, 0.4) is 0 Å². The second kappa shape index (κ2) is 9.08. The van der Waals surface area contributed by atoms with Crippen molar-refractivity contribution in [3.8, 4) is 0 Å². The fourth-order valence-electron chi connectivity index (χ4n) is 2.70. The molecule has 1 aromatic rings. The van der Waals surface area contributed by atoms with Crippen molar-refractivity contribution in [2.45, 2.75) is 31.7 Å². The van der Waals surface area contributed by atoms with E-state index >= 15 is 0 Å². The number of carbonyl (C=O) groups is 2. The zero-order chi connectivity index (χ0) is 17.5. The Balaban J connectivity index is 2.12. The Hall–Kier alpha value is -1.53. The molecule has 2 rings (SSSR count). The predicted molar refractivity (Wildman–Crippen MR) is 96.6 cm³/mol. The number of hydrogen-bond donors (Lipinski definition) is 1. The average Bonchev–Trinajstić information content (AvgIpc) is 3.03. The van der Waals surface area contributed by atoms with Gasteiger partial charge in [-0.15, -0.1) is 11.8 Å². The number of nitrogens with zero attached hydrogens (tertiary/aromatic N) is 1. The Kier molecular flexibility index (Phi) is 7.12. The molecule has 0 aliphatic carbocycles. The van der Waals surface area contributed by atoms with Gasteiger partial charge in [0, 0.05) is 31.9 Å². The summed E-state index contributed by atoms with van der Waals surface area (Å²) in [5, 5.41) is 2.83. The van der Waals surface area contributed by atoms with Gasteiger partial charge < -0.3 is 15.0 Å². The highest BCUT2D eigenvalue weighted by Gasteiger charge is 2.42. The summed E-state index contributed by atoms with van der Waals surface area (Å²) in [5.41, 5.74) is 1.06. The minimum Gasteiger partial charge on any atom is -0.385 e. The van der Waals surface area contributed by atoms with Crippen molar-refractivity contribution in [3.05, 3.63) is 35.9 Å². The van der Waals surface area contributed by atoms with Gasteiger partial charge in [-0.25, -0.2) is 0 Å². The van der Waals surface area contributed by atoms with Crippen molar-refractivity contribution in [3.63, 3.8) is 0 Å². The zero-order valence-electron chi connectivity index (χ0n) is 14.5. The van der Waals surface area contributed by atoms with E-state index in [9.17, 15) is 9.59 Å². The molecule has 1 fully saturated rings. The Morgan fingerprint density at radius 2 is 2.04 bits per heavy atom. The maximum atomic E-state index is 12.7. The molecule has 0 spiro atoms. The van der Waals surface area contributed by atoms with Crippen LogP contribution in [0.4, 0.5) is 0 Å². The van der Waals surface area contributed by atoms with Crippen molar-refractivity contribution >= 4 is 23.6 Å². The van der Waals surface area contributed by atoms with Gasteiger partial charge >= 0.3 is 0 Å². The van der Waals surface area contributed by atoms with E-state index in [1.54, 1.807) is 23.8 Å². The van der Waals surface area contributed by atoms with E-state index in [0.717, 1.165) is 12.0 Å². The number of carbonyl (C=O) groups excluding carboxylic acids is 2. The van der Waals surface area contributed by atoms with Crippen LogP contribution in [0, 0.1) is 5.92 Å². The molecule has 6 heteroatoms. The predicted octanol–water partition coefficient (Wildman–Crippen LogP) is 2.44. The van der Waals surface area contributed by atoms with Crippen LogP contribution in [-0.2, 0) is 14.3 Å². The van der Waals surface area contributed by atoms with E-state index < -0.39 is 6.04 Å². The molecule has 5 nitrogen and oxygen atoms in total. The molecule has 0 bridgehead atoms. The van der Waals surface area contributed by atoms with E-state index in [4.69, 9.17) is 4.74 Å². The number of benzene rings is 1. The second-order valence-electron chi connectivity index (χ2n) is 6.15. The highest BCUT2D eigenvalue weighted by molar-refractivity contribution is 7.99. The fraction of sp³-hybridized carbons (Fsp3) is 0.556. The summed E-state index contributed by atoms with van der Waals surface area (Å²) in [7, 11) is 1.64. The van der Waals surface area contributed by atoms with Gasteiger partial charge in [-0.05, 0) is 12.0 Å². The maximum Gasteiger partial charge on any atom is 0.243 e. The Morgan fingerprint density at radius 3 is 2.67 bits per heavy atom. The first-order chi connectivity index (χ1) is 11.6. The first kappa shape index (κ1) is 18.8. The first-order valence-corrected chi connectivity index (χ1v) is 9.36. The Morgan fingerprint density at radius 1 is 1.33 bits per heavy atom. The average molecular weight is 350 g/mol. The minimum atomic E-state index is -0.419. The van der Waals surface area contributed by atoms with Gasteiger partial charge in [-0.2, -0.15) is 0 Å². The summed E-state index contributed by atoms with van der Waals surface area (Å²) >= 11 is 1.65. The topological polar surface area (TPSA) is 58.6 Å². The number of methoxy groups -OCH3 is 1. The number of nitrogens with one attached hydrogen (secondary N) is 1. The van der Waals surface area contributed by atoms with E-state index in [1.807, 2.05) is 44.2 Å². The summed E-state index contributed by atoms with van der Waals surface area (Å²) < 4.78 is 4.99. The van der Waals surface area contributed by atoms with E-state index in [2.05, 4.69) is 5.32 Å². The van der Waals surface area contributed by atoms with Crippen LogP contribution >= 0.6 is 11.8 Å². The van der Waals surface area contributed by atoms with Crippen molar-refractivity contribution in [1.29, 1.82) is 0 Å². The highest BCUT2D eigenvalue weighted by Crippen LogP contribution is 2.42. The highest BCUT2D eigenvalue weighted by atomic mass is 32.2. The van der Waals surface area contributed by atoms with Crippen LogP contribution in [0.5, 0.6) is 0 Å². The van der Waals surface area contributed by atoms with Crippen LogP contribution in [0.1, 0.15) is 31.2 Å². The number of ether oxygens (including phenoxy) is 1. The summed E-state index contributed by atoms with van der Waals surface area (Å²) in [5.74, 6) is 0.421. The summed E-state index contributed by atoms with van der Waals surface area (Å²) in [4.78, 5) is 27.1. The molecule has 2 unspecified atom stereocenters. The molecule has 1 N–H and O–H groups in total. The molecule has 1 aliphatic heterocycles. The van der Waals surface area contributed by atoms with Crippen molar-refractivity contribution < 1.29 is 14.3 Å². The summed E-state index contributed by atoms with van der Waals surface area (Å²) in [6.07, 6.45) is 0.766. The number of amides is 2. The number of thioether (sulfide) groups is 1. The van der Waals surface area contributed by atoms with Crippen molar-refractivity contribution in [1.82, 2.24) is 10.2 Å². The standard InChI is InChI=1S/C18H26N2O3S/c1-13(2)17(22)20-15(16(21)19-10-7-11-23-3)12-24-18(20)14-8-5-4-6-9-14/h4-6,8-9,13,15,18H,7,10-12H2,1-3H3,(H,19,21). The van der Waals surface area contributed by atoms with Gasteiger partial charge in [0.15, 0.2) is 0 Å². The van der Waals surface area contributed by atoms with Crippen LogP contribution < -0.4 is 5.32 Å². The van der Waals surface area contributed by atoms with Crippen LogP contribution in [0.2, 0.25) is 0 Å². The third-order valence-electron chi connectivity index (χ3n) is 3.96. The van der Waals surface area contributed by atoms with Gasteiger partial charge in [0.25, 0.3) is 0 Å². The molecule has 0 saturated carbocycles. The van der Waals surface area contributed by atoms with Gasteiger partial charge in [0.2, 0.25) is 11.8 Å². The van der Waals surface area contributed by atoms with Gasteiger partial charge in [-0.1, -0.05) is 44.2 Å². The smallest absolute Gasteiger partial charge is 0.243 e. The molecule has 1 heterocycles. The molecule has 24 heavy (non-hydrogen) atoms. The van der Waals surface area contributed by atoms with Crippen LogP contribution in [0.25, 0.3) is 0 Å². The van der Waals surface area contributed by atoms with Gasteiger partial charge in [-0.3, -0.25) is 9.59 Å². The van der Waals surface area contributed by atoms with E-state index in [0.29, 0.717) is 18.9 Å². The lowest BCUT2D eigenvalue weighted by atomic mass is 10.1. The van der Waals surface area contributed by atoms with Gasteiger partial charge in [0.1, 0.15) is 11.4 Å². The zero-order valence-corrected chi connectivity index (χ0v) is 15.3. The first-order valence-electron chi connectivity index (χ1n) is 8.31. The molecule has 0 radical (unpaired) electrons. The quantitative estimate of drug-likeness (QED) is 0.768. The molecule has 1 aliphatic rings. The van der Waals surface area contributed by atoms with Crippen LogP contribution in [0.15, 0.2) is 30.3 Å². The Bertz CT molecular complexity index is 550. The summed E-state index contributed by atoms with van der Waals surface area (Å²) in [6, 6.07) is 9.49. The lowest BCUT2D eigenvalue weighted by Crippen LogP contribution is -2.49. The van der Waals surface area contributed by atoms with E-state index in [1.165, 1.54) is 0 Å². The monoisotopic (exact) mass is 350 g/mol. The molecule has 132 valence electrons. The molecule has 1 aromatic carbocycles. The van der Waals surface area contributed by atoms with E-state index in [-0.39, 0.29) is 23.1 Å². The molecule has 2 amide bonds. The SMILES string of the molecule is COCCCNC(=O)C1CSC(c2ccccc2)N1C(=O)C(C)C. The molecule has 0 aromatic heterocycles. The molecule has 2 atom stereocenters. The maximum absolute atomic E-state index is 12.7. The summed E-state index contributed by atoms with van der Waals surface area (Å²) in [6.45, 7) is 4.93. The lowest BCUT2D eigenvalue weighted by molar-refractivity contribution is -0.142. The normalized spacial score (nSPS) is 20.4.